The van der Waals surface area contributed by atoms with E-state index in [-0.39, 0.29) is 0 Å². The van der Waals surface area contributed by atoms with Crippen LogP contribution in [0.4, 0.5) is 5.69 Å². The summed E-state index contributed by atoms with van der Waals surface area (Å²) >= 11 is 0. The van der Waals surface area contributed by atoms with Crippen LogP contribution in [0.2, 0.25) is 0 Å². The maximum Gasteiger partial charge on any atom is 0.162 e. The lowest BCUT2D eigenvalue weighted by molar-refractivity contribution is 0.356. The fourth-order valence-corrected chi connectivity index (χ4v) is 2.26. The van der Waals surface area contributed by atoms with Crippen molar-refractivity contribution >= 4 is 16.6 Å². The number of hydrogen-bond acceptors (Lipinski definition) is 3. The first kappa shape index (κ1) is 12.6. The third-order valence-corrected chi connectivity index (χ3v) is 3.27. The van der Waals surface area contributed by atoms with E-state index in [1.165, 1.54) is 5.69 Å². The van der Waals surface area contributed by atoms with Crippen LogP contribution < -0.4 is 14.4 Å². The first-order chi connectivity index (χ1) is 8.74. The number of nitrogens with zero attached hydrogens (tertiary/aromatic N) is 1. The standard InChI is InChI=1S/C14H20N2O2/c1-5-16(6-2)12-9-15-11-8-14(18-4)13(17-3)7-10(11)12/h7-9,15H,5-6H2,1-4H3. The zero-order valence-corrected chi connectivity index (χ0v) is 11.4. The van der Waals surface area contributed by atoms with Crippen molar-refractivity contribution in [3.05, 3.63) is 18.3 Å². The van der Waals surface area contributed by atoms with Gasteiger partial charge in [-0.25, -0.2) is 0 Å². The Hall–Kier alpha value is -1.84. The monoisotopic (exact) mass is 248 g/mol. The van der Waals surface area contributed by atoms with Gasteiger partial charge in [-0.3, -0.25) is 0 Å². The smallest absolute Gasteiger partial charge is 0.162 e. The van der Waals surface area contributed by atoms with Gasteiger partial charge in [0, 0.05) is 30.7 Å². The van der Waals surface area contributed by atoms with Gasteiger partial charge in [0.05, 0.1) is 25.4 Å². The number of aromatic nitrogens is 1. The molecule has 18 heavy (non-hydrogen) atoms. The number of aromatic amines is 1. The molecule has 0 aliphatic carbocycles. The summed E-state index contributed by atoms with van der Waals surface area (Å²) in [4.78, 5) is 5.60. The first-order valence-corrected chi connectivity index (χ1v) is 6.23. The molecule has 0 amide bonds. The van der Waals surface area contributed by atoms with Crippen molar-refractivity contribution in [2.45, 2.75) is 13.8 Å². The highest BCUT2D eigenvalue weighted by Crippen LogP contribution is 2.36. The summed E-state index contributed by atoms with van der Waals surface area (Å²) in [6, 6.07) is 4.00. The summed E-state index contributed by atoms with van der Waals surface area (Å²) in [5.74, 6) is 1.51. The minimum atomic E-state index is 0.748. The molecule has 1 aromatic heterocycles. The highest BCUT2D eigenvalue weighted by Gasteiger charge is 2.13. The second-order valence-corrected chi connectivity index (χ2v) is 4.10. The topological polar surface area (TPSA) is 37.5 Å². The van der Waals surface area contributed by atoms with Crippen molar-refractivity contribution in [2.24, 2.45) is 0 Å². The van der Waals surface area contributed by atoms with Crippen molar-refractivity contribution in [2.75, 3.05) is 32.2 Å². The highest BCUT2D eigenvalue weighted by molar-refractivity contribution is 5.95. The molecule has 0 fully saturated rings. The van der Waals surface area contributed by atoms with Gasteiger partial charge in [0.25, 0.3) is 0 Å². The van der Waals surface area contributed by atoms with E-state index < -0.39 is 0 Å². The third-order valence-electron chi connectivity index (χ3n) is 3.27. The summed E-state index contributed by atoms with van der Waals surface area (Å²) in [5, 5.41) is 1.16. The molecule has 0 radical (unpaired) electrons. The number of H-pyrrole nitrogens is 1. The molecule has 0 saturated heterocycles. The van der Waals surface area contributed by atoms with E-state index in [9.17, 15) is 0 Å². The number of hydrogen-bond donors (Lipinski definition) is 1. The number of nitrogens with one attached hydrogen (secondary N) is 1. The Morgan fingerprint density at radius 2 is 1.67 bits per heavy atom. The van der Waals surface area contributed by atoms with Gasteiger partial charge >= 0.3 is 0 Å². The molecule has 1 N–H and O–H groups in total. The van der Waals surface area contributed by atoms with Crippen molar-refractivity contribution in [1.29, 1.82) is 0 Å². The third kappa shape index (κ3) is 1.98. The van der Waals surface area contributed by atoms with Gasteiger partial charge in [0.15, 0.2) is 11.5 Å². The summed E-state index contributed by atoms with van der Waals surface area (Å²) in [6.07, 6.45) is 2.04. The number of anilines is 1. The fourth-order valence-electron chi connectivity index (χ4n) is 2.26. The molecular weight excluding hydrogens is 228 g/mol. The fraction of sp³-hybridized carbons (Fsp3) is 0.429. The summed E-state index contributed by atoms with van der Waals surface area (Å²) in [6.45, 7) is 6.28. The van der Waals surface area contributed by atoms with Crippen LogP contribution in [0.15, 0.2) is 18.3 Å². The minimum Gasteiger partial charge on any atom is -0.493 e. The molecule has 2 rings (SSSR count). The lowest BCUT2D eigenvalue weighted by atomic mass is 10.2. The van der Waals surface area contributed by atoms with Crippen LogP contribution >= 0.6 is 0 Å². The largest absolute Gasteiger partial charge is 0.493 e. The van der Waals surface area contributed by atoms with Crippen LogP contribution in [0.25, 0.3) is 10.9 Å². The molecule has 4 nitrogen and oxygen atoms in total. The van der Waals surface area contributed by atoms with Crippen LogP contribution in [0.3, 0.4) is 0 Å². The Morgan fingerprint density at radius 1 is 1.06 bits per heavy atom. The molecule has 1 aromatic carbocycles. The quantitative estimate of drug-likeness (QED) is 0.883. The molecule has 0 aliphatic heterocycles. The Balaban J connectivity index is 2.58. The maximum atomic E-state index is 5.36. The Labute approximate surface area is 107 Å². The first-order valence-electron chi connectivity index (χ1n) is 6.23. The van der Waals surface area contributed by atoms with Crippen LogP contribution in [0.1, 0.15) is 13.8 Å². The van der Waals surface area contributed by atoms with Gasteiger partial charge in [-0.05, 0) is 19.9 Å². The molecule has 0 atom stereocenters. The molecule has 2 aromatic rings. The molecule has 0 aliphatic rings. The predicted molar refractivity (Wildman–Crippen MR) is 75.0 cm³/mol. The number of rotatable bonds is 5. The minimum absolute atomic E-state index is 0.748. The van der Waals surface area contributed by atoms with E-state index in [4.69, 9.17) is 9.47 Å². The van der Waals surface area contributed by atoms with Gasteiger partial charge < -0.3 is 19.4 Å². The number of fused-ring (bicyclic) bond motifs is 1. The SMILES string of the molecule is CCN(CC)c1c[nH]c2cc(OC)c(OC)cc12. The Morgan fingerprint density at radius 3 is 2.22 bits per heavy atom. The van der Waals surface area contributed by atoms with E-state index in [1.54, 1.807) is 14.2 Å². The number of methoxy groups -OCH3 is 2. The van der Waals surface area contributed by atoms with Gasteiger partial charge in [-0.2, -0.15) is 0 Å². The highest BCUT2D eigenvalue weighted by atomic mass is 16.5. The molecule has 0 bridgehead atoms. The van der Waals surface area contributed by atoms with Crippen molar-refractivity contribution in [3.8, 4) is 11.5 Å². The maximum absolute atomic E-state index is 5.36. The average Bonchev–Trinajstić information content (AvgIpc) is 2.81. The van der Waals surface area contributed by atoms with Crippen molar-refractivity contribution in [3.63, 3.8) is 0 Å². The normalized spacial score (nSPS) is 10.7. The molecule has 1 heterocycles. The second-order valence-electron chi connectivity index (χ2n) is 4.10. The Bertz CT molecular complexity index is 530. The predicted octanol–water partition coefficient (Wildman–Crippen LogP) is 3.03. The zero-order chi connectivity index (χ0) is 13.1. The summed E-state index contributed by atoms with van der Waals surface area (Å²) in [7, 11) is 3.31. The van der Waals surface area contributed by atoms with Gasteiger partial charge in [-0.1, -0.05) is 0 Å². The lowest BCUT2D eigenvalue weighted by Crippen LogP contribution is -2.21. The van der Waals surface area contributed by atoms with Gasteiger partial charge in [0.2, 0.25) is 0 Å². The molecule has 0 spiro atoms. The van der Waals surface area contributed by atoms with E-state index in [1.807, 2.05) is 18.3 Å². The lowest BCUT2D eigenvalue weighted by Gasteiger charge is -2.20. The van der Waals surface area contributed by atoms with Crippen LogP contribution in [0, 0.1) is 0 Å². The zero-order valence-electron chi connectivity index (χ0n) is 11.4. The van der Waals surface area contributed by atoms with Crippen molar-refractivity contribution in [1.82, 2.24) is 4.98 Å². The summed E-state index contributed by atoms with van der Waals surface area (Å²) < 4.78 is 10.7. The number of benzene rings is 1. The van der Waals surface area contributed by atoms with E-state index in [0.29, 0.717) is 0 Å². The Kier molecular flexibility index (Phi) is 3.65. The van der Waals surface area contributed by atoms with Crippen molar-refractivity contribution < 1.29 is 9.47 Å². The average molecular weight is 248 g/mol. The van der Waals surface area contributed by atoms with Gasteiger partial charge in [-0.15, -0.1) is 0 Å². The molecular formula is C14H20N2O2. The second kappa shape index (κ2) is 5.21. The van der Waals surface area contributed by atoms with Gasteiger partial charge in [0.1, 0.15) is 0 Å². The number of ether oxygens (including phenoxy) is 2. The van der Waals surface area contributed by atoms with Crippen LogP contribution in [0.5, 0.6) is 11.5 Å². The van der Waals surface area contributed by atoms with E-state index in [2.05, 4.69) is 23.7 Å². The van der Waals surface area contributed by atoms with E-state index >= 15 is 0 Å². The molecule has 0 saturated carbocycles. The van der Waals surface area contributed by atoms with Crippen LogP contribution in [-0.2, 0) is 0 Å². The molecule has 98 valence electrons. The summed E-state index contributed by atoms with van der Waals surface area (Å²) in [5.41, 5.74) is 2.27. The molecule has 0 unspecified atom stereocenters. The van der Waals surface area contributed by atoms with E-state index in [0.717, 1.165) is 35.5 Å². The van der Waals surface area contributed by atoms with Crippen LogP contribution in [-0.4, -0.2) is 32.3 Å². The molecule has 4 heteroatoms.